The maximum absolute atomic E-state index is 12.0. The van der Waals surface area contributed by atoms with E-state index in [0.29, 0.717) is 22.8 Å². The predicted molar refractivity (Wildman–Crippen MR) is 58.6 cm³/mol. The topological polar surface area (TPSA) is 44.8 Å². The van der Waals surface area contributed by atoms with Crippen LogP contribution in [0.15, 0.2) is 12.1 Å². The number of carbonyl (C=O) groups excluding carboxylic acids is 1. The molecule has 86 valence electrons. The third-order valence-electron chi connectivity index (χ3n) is 2.63. The first-order valence-corrected chi connectivity index (χ1v) is 4.99. The molecule has 4 nitrogen and oxygen atoms in total. The van der Waals surface area contributed by atoms with Gasteiger partial charge in [0.25, 0.3) is 0 Å². The van der Waals surface area contributed by atoms with Gasteiger partial charge in [0.15, 0.2) is 17.1 Å². The zero-order chi connectivity index (χ0) is 11.9. The fourth-order valence-corrected chi connectivity index (χ4v) is 1.75. The summed E-state index contributed by atoms with van der Waals surface area (Å²) < 4.78 is 15.9. The largest absolute Gasteiger partial charge is 0.497 e. The van der Waals surface area contributed by atoms with Crippen LogP contribution in [0, 0.1) is 0 Å². The highest BCUT2D eigenvalue weighted by Gasteiger charge is 2.41. The Kier molecular flexibility index (Phi) is 2.30. The Morgan fingerprint density at radius 3 is 2.44 bits per heavy atom. The lowest BCUT2D eigenvalue weighted by Crippen LogP contribution is -2.31. The average Bonchev–Trinajstić information content (AvgIpc) is 2.49. The van der Waals surface area contributed by atoms with Gasteiger partial charge in [-0.1, -0.05) is 0 Å². The monoisotopic (exact) mass is 222 g/mol. The molecule has 1 aromatic rings. The minimum absolute atomic E-state index is 0.0558. The molecule has 0 radical (unpaired) electrons. The van der Waals surface area contributed by atoms with Crippen LogP contribution in [0.1, 0.15) is 24.2 Å². The number of rotatable bonds is 2. The molecule has 1 aromatic carbocycles. The van der Waals surface area contributed by atoms with E-state index in [1.54, 1.807) is 33.1 Å². The minimum atomic E-state index is -0.831. The number of ether oxygens (including phenoxy) is 3. The Morgan fingerprint density at radius 2 is 1.88 bits per heavy atom. The van der Waals surface area contributed by atoms with Crippen LogP contribution in [-0.4, -0.2) is 25.6 Å². The van der Waals surface area contributed by atoms with E-state index in [2.05, 4.69) is 0 Å². The Bertz CT molecular complexity index is 449. The van der Waals surface area contributed by atoms with Crippen molar-refractivity contribution in [2.75, 3.05) is 14.2 Å². The zero-order valence-electron chi connectivity index (χ0n) is 9.79. The quantitative estimate of drug-likeness (QED) is 0.768. The van der Waals surface area contributed by atoms with E-state index < -0.39 is 5.60 Å². The van der Waals surface area contributed by atoms with Crippen molar-refractivity contribution >= 4 is 5.78 Å². The smallest absolute Gasteiger partial charge is 0.209 e. The van der Waals surface area contributed by atoms with Gasteiger partial charge < -0.3 is 14.2 Å². The summed E-state index contributed by atoms with van der Waals surface area (Å²) in [6, 6.07) is 3.38. The molecule has 16 heavy (non-hydrogen) atoms. The van der Waals surface area contributed by atoms with Crippen molar-refractivity contribution in [2.45, 2.75) is 19.4 Å². The molecule has 0 bridgehead atoms. The fraction of sp³-hybridized carbons (Fsp3) is 0.417. The Labute approximate surface area is 94.1 Å². The maximum atomic E-state index is 12.0. The van der Waals surface area contributed by atoms with Gasteiger partial charge in [0.2, 0.25) is 5.78 Å². The van der Waals surface area contributed by atoms with Gasteiger partial charge in [0.1, 0.15) is 5.75 Å². The minimum Gasteiger partial charge on any atom is -0.497 e. The van der Waals surface area contributed by atoms with Crippen LogP contribution in [0.5, 0.6) is 17.2 Å². The highest BCUT2D eigenvalue weighted by Crippen LogP contribution is 2.44. The van der Waals surface area contributed by atoms with E-state index in [0.717, 1.165) is 0 Å². The van der Waals surface area contributed by atoms with Gasteiger partial charge in [-0.2, -0.15) is 0 Å². The molecule has 0 unspecified atom stereocenters. The highest BCUT2D eigenvalue weighted by molar-refractivity contribution is 6.08. The number of benzene rings is 1. The fourth-order valence-electron chi connectivity index (χ4n) is 1.75. The molecular formula is C12H14O4. The van der Waals surface area contributed by atoms with Crippen LogP contribution in [0.25, 0.3) is 0 Å². The number of Topliss-reactive ketones (excluding diaryl/α,β-unsaturated/α-hetero) is 1. The van der Waals surface area contributed by atoms with Crippen molar-refractivity contribution in [3.8, 4) is 17.2 Å². The van der Waals surface area contributed by atoms with Crippen LogP contribution in [-0.2, 0) is 0 Å². The van der Waals surface area contributed by atoms with E-state index in [1.165, 1.54) is 7.11 Å². The summed E-state index contributed by atoms with van der Waals surface area (Å²) in [6.45, 7) is 3.47. The molecule has 1 heterocycles. The number of ketones is 1. The van der Waals surface area contributed by atoms with Crippen molar-refractivity contribution < 1.29 is 19.0 Å². The molecule has 0 saturated heterocycles. The lowest BCUT2D eigenvalue weighted by molar-refractivity contribution is 0.0679. The van der Waals surface area contributed by atoms with E-state index in [-0.39, 0.29) is 5.78 Å². The van der Waals surface area contributed by atoms with Crippen LogP contribution in [0.3, 0.4) is 0 Å². The van der Waals surface area contributed by atoms with Crippen molar-refractivity contribution in [1.82, 2.24) is 0 Å². The number of fused-ring (bicyclic) bond motifs is 1. The molecule has 2 rings (SSSR count). The van der Waals surface area contributed by atoms with Gasteiger partial charge in [-0.25, -0.2) is 0 Å². The highest BCUT2D eigenvalue weighted by atomic mass is 16.5. The molecular weight excluding hydrogens is 208 g/mol. The second-order valence-corrected chi connectivity index (χ2v) is 4.15. The molecule has 0 atom stereocenters. The second-order valence-electron chi connectivity index (χ2n) is 4.15. The van der Waals surface area contributed by atoms with E-state index >= 15 is 0 Å². The third-order valence-corrected chi connectivity index (χ3v) is 2.63. The van der Waals surface area contributed by atoms with Crippen molar-refractivity contribution in [2.24, 2.45) is 0 Å². The molecule has 4 heteroatoms. The summed E-state index contributed by atoms with van der Waals surface area (Å²) in [7, 11) is 3.08. The molecule has 0 N–H and O–H groups in total. The molecule has 0 aromatic heterocycles. The molecule has 0 spiro atoms. The Balaban J connectivity index is 2.61. The van der Waals surface area contributed by atoms with Crippen LogP contribution in [0.2, 0.25) is 0 Å². The number of hydrogen-bond donors (Lipinski definition) is 0. The Hall–Kier alpha value is -1.71. The SMILES string of the molecule is COc1cc(OC)c2c(c1)C(=O)C(C)(C)O2. The first-order valence-electron chi connectivity index (χ1n) is 4.99. The third kappa shape index (κ3) is 1.41. The van der Waals surface area contributed by atoms with E-state index in [9.17, 15) is 4.79 Å². The summed E-state index contributed by atoms with van der Waals surface area (Å²) in [4.78, 5) is 12.0. The van der Waals surface area contributed by atoms with Gasteiger partial charge in [0.05, 0.1) is 19.8 Å². The van der Waals surface area contributed by atoms with Crippen molar-refractivity contribution in [3.05, 3.63) is 17.7 Å². The molecule has 0 amide bonds. The average molecular weight is 222 g/mol. The Morgan fingerprint density at radius 1 is 1.19 bits per heavy atom. The van der Waals surface area contributed by atoms with Gasteiger partial charge in [0, 0.05) is 6.07 Å². The molecule has 1 aliphatic heterocycles. The summed E-state index contributed by atoms with van der Waals surface area (Å²) >= 11 is 0. The molecule has 1 aliphatic rings. The van der Waals surface area contributed by atoms with E-state index in [1.807, 2.05) is 0 Å². The van der Waals surface area contributed by atoms with Crippen LogP contribution < -0.4 is 14.2 Å². The summed E-state index contributed by atoms with van der Waals surface area (Å²) in [5.41, 5.74) is -0.316. The standard InChI is InChI=1S/C12H14O4/c1-12(2)11(13)8-5-7(14-3)6-9(15-4)10(8)16-12/h5-6H,1-4H3. The summed E-state index contributed by atoms with van der Waals surface area (Å²) in [5, 5.41) is 0. The summed E-state index contributed by atoms with van der Waals surface area (Å²) in [5.74, 6) is 1.55. The zero-order valence-corrected chi connectivity index (χ0v) is 9.79. The first-order chi connectivity index (χ1) is 7.49. The first kappa shape index (κ1) is 10.8. The number of methoxy groups -OCH3 is 2. The molecule has 0 saturated carbocycles. The number of hydrogen-bond acceptors (Lipinski definition) is 4. The second kappa shape index (κ2) is 3.40. The summed E-state index contributed by atoms with van der Waals surface area (Å²) in [6.07, 6.45) is 0. The lowest BCUT2D eigenvalue weighted by atomic mass is 9.99. The lowest BCUT2D eigenvalue weighted by Gasteiger charge is -2.16. The molecule has 0 aliphatic carbocycles. The van der Waals surface area contributed by atoms with Gasteiger partial charge in [-0.15, -0.1) is 0 Å². The molecule has 0 fully saturated rings. The van der Waals surface area contributed by atoms with Crippen LogP contribution >= 0.6 is 0 Å². The predicted octanol–water partition coefficient (Wildman–Crippen LogP) is 2.06. The van der Waals surface area contributed by atoms with Gasteiger partial charge >= 0.3 is 0 Å². The number of carbonyl (C=O) groups is 1. The van der Waals surface area contributed by atoms with Crippen molar-refractivity contribution in [3.63, 3.8) is 0 Å². The normalized spacial score (nSPS) is 16.6. The van der Waals surface area contributed by atoms with Crippen molar-refractivity contribution in [1.29, 1.82) is 0 Å². The maximum Gasteiger partial charge on any atom is 0.209 e. The van der Waals surface area contributed by atoms with Gasteiger partial charge in [-0.05, 0) is 19.9 Å². The van der Waals surface area contributed by atoms with Crippen LogP contribution in [0.4, 0.5) is 0 Å². The van der Waals surface area contributed by atoms with Gasteiger partial charge in [-0.3, -0.25) is 4.79 Å². The van der Waals surface area contributed by atoms with E-state index in [4.69, 9.17) is 14.2 Å².